The van der Waals surface area contributed by atoms with Gasteiger partial charge in [-0.3, -0.25) is 9.59 Å². The van der Waals surface area contributed by atoms with Crippen molar-refractivity contribution in [3.63, 3.8) is 0 Å². The summed E-state index contributed by atoms with van der Waals surface area (Å²) in [5, 5.41) is 13.7. The minimum atomic E-state index is -0.787. The van der Waals surface area contributed by atoms with E-state index in [4.69, 9.17) is 0 Å². The van der Waals surface area contributed by atoms with Crippen LogP contribution in [0, 0.1) is 5.82 Å². The molecule has 0 fully saturated rings. The van der Waals surface area contributed by atoms with Crippen molar-refractivity contribution in [1.82, 2.24) is 0 Å². The van der Waals surface area contributed by atoms with Crippen LogP contribution in [0.3, 0.4) is 0 Å². The third kappa shape index (κ3) is 2.47. The van der Waals surface area contributed by atoms with Gasteiger partial charge in [0.2, 0.25) is 0 Å². The number of nitrogens with zero attached hydrogens (tertiary/aromatic N) is 1. The first-order valence-electron chi connectivity index (χ1n) is 6.01. The van der Waals surface area contributed by atoms with Crippen molar-refractivity contribution in [1.29, 1.82) is 0 Å². The average Bonchev–Trinajstić information content (AvgIpc) is 2.90. The summed E-state index contributed by atoms with van der Waals surface area (Å²) in [6, 6.07) is 5.08. The molecule has 7 heteroatoms. The molecule has 2 heterocycles. The highest BCUT2D eigenvalue weighted by atomic mass is 32.2. The third-order valence-corrected chi connectivity index (χ3v) is 4.03. The molecule has 5 nitrogen and oxygen atoms in total. The minimum Gasteiger partial charge on any atom is -0.510 e. The molecule has 1 atom stereocenters. The van der Waals surface area contributed by atoms with Crippen molar-refractivity contribution in [3.8, 4) is 0 Å². The van der Waals surface area contributed by atoms with E-state index in [1.165, 1.54) is 36.0 Å². The van der Waals surface area contributed by atoms with E-state index >= 15 is 0 Å². The number of hydrogen-bond acceptors (Lipinski definition) is 4. The molecule has 0 radical (unpaired) electrons. The third-order valence-electron chi connectivity index (χ3n) is 3.00. The van der Waals surface area contributed by atoms with Gasteiger partial charge in [0.25, 0.3) is 11.8 Å². The Morgan fingerprint density at radius 2 is 2.05 bits per heavy atom. The number of rotatable bonds is 2. The highest BCUT2D eigenvalue weighted by Gasteiger charge is 2.36. The number of amides is 2. The molecule has 21 heavy (non-hydrogen) atoms. The molecule has 106 valence electrons. The summed E-state index contributed by atoms with van der Waals surface area (Å²) in [6.07, 6.45) is 1.62. The largest absolute Gasteiger partial charge is 0.510 e. The number of dihydropyridines is 1. The van der Waals surface area contributed by atoms with Crippen LogP contribution in [0.15, 0.2) is 52.1 Å². The first-order chi connectivity index (χ1) is 10.1. The Morgan fingerprint density at radius 3 is 2.76 bits per heavy atom. The van der Waals surface area contributed by atoms with Gasteiger partial charge in [-0.1, -0.05) is 0 Å². The van der Waals surface area contributed by atoms with Crippen LogP contribution >= 0.6 is 11.8 Å². The van der Waals surface area contributed by atoms with Crippen molar-refractivity contribution in [2.45, 2.75) is 5.25 Å². The Morgan fingerprint density at radius 1 is 1.33 bits per heavy atom. The van der Waals surface area contributed by atoms with Crippen LogP contribution in [-0.2, 0) is 9.59 Å². The highest BCUT2D eigenvalue weighted by molar-refractivity contribution is 8.04. The normalized spacial score (nSPS) is 20.3. The maximum Gasteiger partial charge on any atom is 0.286 e. The van der Waals surface area contributed by atoms with E-state index in [2.05, 4.69) is 10.3 Å². The Hall–Kier alpha value is -2.41. The first-order valence-corrected chi connectivity index (χ1v) is 6.95. The number of aliphatic hydroxyl groups excluding tert-OH is 1. The zero-order valence-corrected chi connectivity index (χ0v) is 11.4. The fourth-order valence-electron chi connectivity index (χ4n) is 2.00. The second-order valence-corrected chi connectivity index (χ2v) is 5.40. The van der Waals surface area contributed by atoms with E-state index in [0.717, 1.165) is 0 Å². The number of aliphatic imine (C=N–C) groups is 1. The van der Waals surface area contributed by atoms with Crippen LogP contribution in [0.4, 0.5) is 10.1 Å². The standard InChI is InChI=1S/C14H9FN2O3S/c15-7-1-3-8(4-2-7)16-13(19)10-11(18)12-9(5-6-21-12)17-14(10)20/h1-6,12,18H,(H,16,19). The van der Waals surface area contributed by atoms with Gasteiger partial charge < -0.3 is 10.4 Å². The van der Waals surface area contributed by atoms with Crippen LogP contribution < -0.4 is 5.32 Å². The molecule has 0 aliphatic carbocycles. The number of carbonyl (C=O) groups excluding carboxylic acids is 2. The molecule has 0 saturated heterocycles. The maximum absolute atomic E-state index is 12.8. The zero-order chi connectivity index (χ0) is 15.0. The predicted molar refractivity (Wildman–Crippen MR) is 77.6 cm³/mol. The summed E-state index contributed by atoms with van der Waals surface area (Å²) in [4.78, 5) is 27.8. The number of aliphatic hydroxyl groups is 1. The molecule has 0 aromatic heterocycles. The predicted octanol–water partition coefficient (Wildman–Crippen LogP) is 2.19. The number of fused-ring (bicyclic) bond motifs is 1. The van der Waals surface area contributed by atoms with Crippen LogP contribution in [-0.4, -0.2) is 27.9 Å². The second kappa shape index (κ2) is 5.17. The number of allylic oxidation sites excluding steroid dienone is 1. The van der Waals surface area contributed by atoms with Crippen LogP contribution in [0.25, 0.3) is 0 Å². The van der Waals surface area contributed by atoms with E-state index in [0.29, 0.717) is 11.4 Å². The monoisotopic (exact) mass is 304 g/mol. The van der Waals surface area contributed by atoms with Crippen molar-refractivity contribution >= 4 is 35.0 Å². The van der Waals surface area contributed by atoms with E-state index in [-0.39, 0.29) is 11.3 Å². The van der Waals surface area contributed by atoms with Crippen LogP contribution in [0.2, 0.25) is 0 Å². The second-order valence-electron chi connectivity index (χ2n) is 4.38. The Labute approximate surface area is 123 Å². The minimum absolute atomic E-state index is 0.306. The number of hydrogen-bond donors (Lipinski definition) is 2. The van der Waals surface area contributed by atoms with Crippen LogP contribution in [0.5, 0.6) is 0 Å². The van der Waals surface area contributed by atoms with Gasteiger partial charge in [0.05, 0.1) is 5.71 Å². The summed E-state index contributed by atoms with van der Waals surface area (Å²) >= 11 is 1.26. The molecule has 1 aromatic carbocycles. The molecule has 0 spiro atoms. The number of carbonyl (C=O) groups is 2. The fourth-order valence-corrected chi connectivity index (χ4v) is 2.89. The van der Waals surface area contributed by atoms with Gasteiger partial charge in [-0.25, -0.2) is 9.38 Å². The van der Waals surface area contributed by atoms with Gasteiger partial charge in [-0.2, -0.15) is 0 Å². The summed E-state index contributed by atoms with van der Waals surface area (Å²) in [5.74, 6) is -2.30. The molecule has 0 saturated carbocycles. The van der Waals surface area contributed by atoms with E-state index in [9.17, 15) is 19.1 Å². The lowest BCUT2D eigenvalue weighted by Crippen LogP contribution is -2.31. The molecule has 2 aliphatic rings. The van der Waals surface area contributed by atoms with Crippen molar-refractivity contribution in [2.75, 3.05) is 5.32 Å². The van der Waals surface area contributed by atoms with E-state index < -0.39 is 22.9 Å². The Kier molecular flexibility index (Phi) is 3.34. The summed E-state index contributed by atoms with van der Waals surface area (Å²) in [5.41, 5.74) is 0.367. The number of nitrogens with one attached hydrogen (secondary N) is 1. The van der Waals surface area contributed by atoms with Crippen molar-refractivity contribution in [3.05, 3.63) is 52.9 Å². The highest BCUT2D eigenvalue weighted by Crippen LogP contribution is 2.32. The molecule has 0 bridgehead atoms. The van der Waals surface area contributed by atoms with Gasteiger partial charge in [-0.15, -0.1) is 11.8 Å². The lowest BCUT2D eigenvalue weighted by Gasteiger charge is -2.18. The first kappa shape index (κ1) is 13.6. The van der Waals surface area contributed by atoms with Gasteiger partial charge in [0, 0.05) is 5.69 Å². The molecule has 2 N–H and O–H groups in total. The summed E-state index contributed by atoms with van der Waals surface area (Å²) in [6.45, 7) is 0. The van der Waals surface area contributed by atoms with Crippen molar-refractivity contribution < 1.29 is 19.1 Å². The van der Waals surface area contributed by atoms with Gasteiger partial charge in [0.1, 0.15) is 22.4 Å². The molecular formula is C14H9FN2O3S. The molecule has 2 amide bonds. The lowest BCUT2D eigenvalue weighted by atomic mass is 10.0. The average molecular weight is 304 g/mol. The number of benzene rings is 1. The molecule has 1 aromatic rings. The quantitative estimate of drug-likeness (QED) is 0.821. The number of thioether (sulfide) groups is 1. The number of halogens is 1. The van der Waals surface area contributed by atoms with E-state index in [1.807, 2.05) is 0 Å². The molecule has 2 aliphatic heterocycles. The molecule has 1 unspecified atom stereocenters. The lowest BCUT2D eigenvalue weighted by molar-refractivity contribution is -0.119. The fraction of sp³-hybridized carbons (Fsp3) is 0.0714. The maximum atomic E-state index is 12.8. The van der Waals surface area contributed by atoms with Crippen LogP contribution in [0.1, 0.15) is 0 Å². The summed E-state index contributed by atoms with van der Waals surface area (Å²) in [7, 11) is 0. The number of anilines is 1. The Bertz CT molecular complexity index is 722. The SMILES string of the molecule is O=C1N=C2C=CSC2C(O)=C1C(=O)Nc1ccc(F)cc1. The van der Waals surface area contributed by atoms with Gasteiger partial charge >= 0.3 is 0 Å². The van der Waals surface area contributed by atoms with Gasteiger partial charge in [-0.05, 0) is 35.7 Å². The molecule has 3 rings (SSSR count). The van der Waals surface area contributed by atoms with Crippen molar-refractivity contribution in [2.24, 2.45) is 4.99 Å². The topological polar surface area (TPSA) is 78.8 Å². The Balaban J connectivity index is 1.85. The van der Waals surface area contributed by atoms with Gasteiger partial charge in [0.15, 0.2) is 0 Å². The summed E-state index contributed by atoms with van der Waals surface area (Å²) < 4.78 is 12.8. The van der Waals surface area contributed by atoms with E-state index in [1.54, 1.807) is 11.5 Å². The zero-order valence-electron chi connectivity index (χ0n) is 10.5. The smallest absolute Gasteiger partial charge is 0.286 e. The molecular weight excluding hydrogens is 295 g/mol.